The number of urea groups is 1. The molecule has 1 fully saturated rings. The van der Waals surface area contributed by atoms with Gasteiger partial charge in [0.25, 0.3) is 5.95 Å². The van der Waals surface area contributed by atoms with Gasteiger partial charge >= 0.3 is 11.9 Å². The van der Waals surface area contributed by atoms with E-state index in [1.165, 1.54) is 0 Å². The van der Waals surface area contributed by atoms with Crippen LogP contribution >= 0.6 is 0 Å². The molecule has 1 saturated heterocycles. The standard InChI is InChI=1S/C21H20N8O2/c1-12-9-14(5-7-22-12)16-3-4-17-18(23-16)28(15-6-8-27(17)10-15)20(30)24-19-25-21-29(26-19)13(2)11-31-21/h3-5,7,9,11,15H,6,8,10H2,1-2H3,(H,24,26,30)/t15-/m0/s1. The lowest BCUT2D eigenvalue weighted by Gasteiger charge is -2.35. The maximum Gasteiger partial charge on any atom is 0.330 e. The van der Waals surface area contributed by atoms with E-state index in [-0.39, 0.29) is 18.0 Å². The van der Waals surface area contributed by atoms with Crippen molar-refractivity contribution >= 4 is 29.3 Å². The van der Waals surface area contributed by atoms with Crippen molar-refractivity contribution in [2.75, 3.05) is 28.2 Å². The van der Waals surface area contributed by atoms with Gasteiger partial charge in [0.15, 0.2) is 5.82 Å². The van der Waals surface area contributed by atoms with Crippen molar-refractivity contribution in [1.29, 1.82) is 0 Å². The fourth-order valence-electron chi connectivity index (χ4n) is 4.34. The molecule has 0 saturated carbocycles. The van der Waals surface area contributed by atoms with E-state index in [0.29, 0.717) is 11.7 Å². The number of pyridine rings is 2. The zero-order valence-corrected chi connectivity index (χ0v) is 17.1. The highest BCUT2D eigenvalue weighted by molar-refractivity contribution is 6.04. The predicted octanol–water partition coefficient (Wildman–Crippen LogP) is 3.03. The number of aromatic nitrogens is 5. The Balaban J connectivity index is 1.38. The summed E-state index contributed by atoms with van der Waals surface area (Å²) in [4.78, 5) is 30.8. The molecule has 10 nitrogen and oxygen atoms in total. The van der Waals surface area contributed by atoms with E-state index in [0.717, 1.165) is 47.8 Å². The SMILES string of the molecule is Cc1cc(-c2ccc3c(n2)N(C(=O)Nc2nc4occ(C)n4n2)[C@H]2CCN3C2)ccn1. The van der Waals surface area contributed by atoms with Gasteiger partial charge in [-0.3, -0.25) is 15.2 Å². The van der Waals surface area contributed by atoms with Gasteiger partial charge in [-0.1, -0.05) is 0 Å². The number of aryl methyl sites for hydroxylation is 2. The highest BCUT2D eigenvalue weighted by atomic mass is 16.3. The molecule has 10 heteroatoms. The number of hydrogen-bond donors (Lipinski definition) is 1. The smallest absolute Gasteiger partial charge is 0.330 e. The fourth-order valence-corrected chi connectivity index (χ4v) is 4.34. The molecule has 0 aromatic carbocycles. The molecule has 0 radical (unpaired) electrons. The van der Waals surface area contributed by atoms with Crippen molar-refractivity contribution in [3.63, 3.8) is 0 Å². The molecule has 31 heavy (non-hydrogen) atoms. The second kappa shape index (κ2) is 6.53. The van der Waals surface area contributed by atoms with Gasteiger partial charge in [0.2, 0.25) is 0 Å². The Bertz CT molecular complexity index is 1330. The van der Waals surface area contributed by atoms with Gasteiger partial charge in [-0.2, -0.15) is 9.50 Å². The summed E-state index contributed by atoms with van der Waals surface area (Å²) >= 11 is 0. The van der Waals surface area contributed by atoms with E-state index >= 15 is 0 Å². The van der Waals surface area contributed by atoms with Crippen molar-refractivity contribution in [1.82, 2.24) is 24.6 Å². The Morgan fingerprint density at radius 3 is 2.97 bits per heavy atom. The van der Waals surface area contributed by atoms with Crippen LogP contribution in [0.2, 0.25) is 0 Å². The van der Waals surface area contributed by atoms with Crippen LogP contribution in [0.5, 0.6) is 0 Å². The largest absolute Gasteiger partial charge is 0.430 e. The minimum absolute atomic E-state index is 0.0433. The Hall–Kier alpha value is -3.95. The summed E-state index contributed by atoms with van der Waals surface area (Å²) in [5, 5.41) is 7.14. The van der Waals surface area contributed by atoms with E-state index in [1.807, 2.05) is 38.1 Å². The third kappa shape index (κ3) is 2.82. The zero-order valence-electron chi connectivity index (χ0n) is 17.1. The van der Waals surface area contributed by atoms with E-state index < -0.39 is 0 Å². The number of oxazole rings is 1. The lowest BCUT2D eigenvalue weighted by atomic mass is 10.1. The number of carbonyl (C=O) groups is 1. The van der Waals surface area contributed by atoms with E-state index in [4.69, 9.17) is 9.40 Å². The summed E-state index contributed by atoms with van der Waals surface area (Å²) in [7, 11) is 0. The molecular weight excluding hydrogens is 396 g/mol. The lowest BCUT2D eigenvalue weighted by molar-refractivity contribution is 0.254. The maximum atomic E-state index is 13.3. The number of anilines is 3. The molecule has 0 unspecified atom stereocenters. The van der Waals surface area contributed by atoms with Crippen molar-refractivity contribution in [3.8, 4) is 11.3 Å². The summed E-state index contributed by atoms with van der Waals surface area (Å²) < 4.78 is 6.89. The Morgan fingerprint density at radius 1 is 1.23 bits per heavy atom. The number of amides is 2. The van der Waals surface area contributed by atoms with Gasteiger partial charge in [-0.25, -0.2) is 9.78 Å². The Labute approximate surface area is 177 Å². The van der Waals surface area contributed by atoms with Crippen LogP contribution < -0.4 is 15.1 Å². The molecular formula is C21H20N8O2. The van der Waals surface area contributed by atoms with Gasteiger partial charge in [0, 0.05) is 30.5 Å². The van der Waals surface area contributed by atoms with Gasteiger partial charge in [0.1, 0.15) is 6.26 Å². The van der Waals surface area contributed by atoms with Crippen LogP contribution in [0.3, 0.4) is 0 Å². The molecule has 156 valence electrons. The second-order valence-electron chi connectivity index (χ2n) is 7.92. The number of fused-ring (bicyclic) bond motifs is 5. The Kier molecular flexibility index (Phi) is 3.76. The minimum Gasteiger partial charge on any atom is -0.430 e. The molecule has 1 atom stereocenters. The molecule has 4 aromatic rings. The summed E-state index contributed by atoms with van der Waals surface area (Å²) in [6.45, 7) is 5.49. The number of hydrogen-bond acceptors (Lipinski definition) is 7. The highest BCUT2D eigenvalue weighted by Gasteiger charge is 2.40. The van der Waals surface area contributed by atoms with Gasteiger partial charge in [-0.15, -0.1) is 5.10 Å². The third-order valence-corrected chi connectivity index (χ3v) is 5.83. The molecule has 0 aliphatic carbocycles. The molecule has 2 aliphatic rings. The monoisotopic (exact) mass is 416 g/mol. The fraction of sp³-hybridized carbons (Fsp3) is 0.286. The lowest BCUT2D eigenvalue weighted by Crippen LogP contribution is -2.48. The van der Waals surface area contributed by atoms with Crippen LogP contribution in [0.15, 0.2) is 41.1 Å². The van der Waals surface area contributed by atoms with Gasteiger partial charge in [0.05, 0.1) is 23.1 Å². The third-order valence-electron chi connectivity index (χ3n) is 5.83. The van der Waals surface area contributed by atoms with Crippen molar-refractivity contribution in [2.45, 2.75) is 26.3 Å². The summed E-state index contributed by atoms with van der Waals surface area (Å²) in [5.41, 5.74) is 4.45. The van der Waals surface area contributed by atoms with E-state index in [2.05, 4.69) is 25.3 Å². The van der Waals surface area contributed by atoms with Crippen molar-refractivity contribution in [3.05, 3.63) is 48.1 Å². The van der Waals surface area contributed by atoms with Crippen molar-refractivity contribution < 1.29 is 9.21 Å². The second-order valence-corrected chi connectivity index (χ2v) is 7.92. The van der Waals surface area contributed by atoms with Crippen LogP contribution in [0.4, 0.5) is 22.2 Å². The first kappa shape index (κ1) is 17.9. The molecule has 2 bridgehead atoms. The maximum absolute atomic E-state index is 13.3. The van der Waals surface area contributed by atoms with E-state index in [9.17, 15) is 4.79 Å². The van der Waals surface area contributed by atoms with E-state index in [1.54, 1.807) is 21.9 Å². The van der Waals surface area contributed by atoms with Gasteiger partial charge < -0.3 is 9.32 Å². The normalized spacial score (nSPS) is 17.3. The summed E-state index contributed by atoms with van der Waals surface area (Å²) in [6, 6.07) is 7.70. The van der Waals surface area contributed by atoms with Gasteiger partial charge in [-0.05, 0) is 44.5 Å². The van der Waals surface area contributed by atoms with Crippen LogP contribution in [-0.2, 0) is 0 Å². The number of nitrogens with one attached hydrogen (secondary N) is 1. The number of nitrogens with zero attached hydrogens (tertiary/aromatic N) is 7. The quantitative estimate of drug-likeness (QED) is 0.535. The average Bonchev–Trinajstić information content (AvgIpc) is 3.45. The highest BCUT2D eigenvalue weighted by Crippen LogP contribution is 2.40. The summed E-state index contributed by atoms with van der Waals surface area (Å²) in [5.74, 6) is 1.19. The van der Waals surface area contributed by atoms with Crippen LogP contribution in [-0.4, -0.2) is 49.7 Å². The van der Waals surface area contributed by atoms with Crippen LogP contribution in [0, 0.1) is 13.8 Å². The molecule has 4 aromatic heterocycles. The Morgan fingerprint density at radius 2 is 2.13 bits per heavy atom. The topological polar surface area (TPSA) is 105 Å². The van der Waals surface area contributed by atoms with Crippen molar-refractivity contribution in [2.24, 2.45) is 0 Å². The molecule has 6 heterocycles. The number of carbonyl (C=O) groups excluding carboxylic acids is 1. The van der Waals surface area contributed by atoms with Crippen LogP contribution in [0.1, 0.15) is 17.8 Å². The molecule has 2 aliphatic heterocycles. The molecule has 0 spiro atoms. The predicted molar refractivity (Wildman–Crippen MR) is 114 cm³/mol. The molecule has 6 rings (SSSR count). The van der Waals surface area contributed by atoms with Crippen LogP contribution in [0.25, 0.3) is 17.1 Å². The molecule has 2 amide bonds. The molecule has 1 N–H and O–H groups in total. The zero-order chi connectivity index (χ0) is 21.1. The summed E-state index contributed by atoms with van der Waals surface area (Å²) in [6.07, 6.45) is 4.22. The first-order chi connectivity index (χ1) is 15.1. The average molecular weight is 416 g/mol. The first-order valence-electron chi connectivity index (χ1n) is 10.2. The number of rotatable bonds is 2. The first-order valence-corrected chi connectivity index (χ1v) is 10.2. The minimum atomic E-state index is -0.297.